The Labute approximate surface area is 263 Å². The lowest BCUT2D eigenvalue weighted by Gasteiger charge is -2.20. The molecule has 0 fully saturated rings. The second-order valence-electron chi connectivity index (χ2n) is 10.9. The Kier molecular flexibility index (Phi) is 8.48. The lowest BCUT2D eigenvalue weighted by molar-refractivity contribution is -0.119. The minimum Gasteiger partial charge on any atom is -0.476 e. The molecule has 1 aromatic carbocycles. The first-order valence-corrected chi connectivity index (χ1v) is 15.1. The summed E-state index contributed by atoms with van der Waals surface area (Å²) in [4.78, 5) is 31.4. The van der Waals surface area contributed by atoms with Crippen molar-refractivity contribution in [1.29, 1.82) is 0 Å². The fraction of sp³-hybridized carbons (Fsp3) is 0.312. The van der Waals surface area contributed by atoms with Crippen molar-refractivity contribution in [3.63, 3.8) is 0 Å². The number of rotatable bonds is 6. The molecule has 0 saturated carbocycles. The van der Waals surface area contributed by atoms with Crippen LogP contribution in [0.15, 0.2) is 70.3 Å². The van der Waals surface area contributed by atoms with Crippen LogP contribution in [-0.2, 0) is 4.79 Å². The van der Waals surface area contributed by atoms with Gasteiger partial charge in [0.05, 0.1) is 36.1 Å². The Balaban J connectivity index is 1.43. The van der Waals surface area contributed by atoms with Crippen LogP contribution in [0, 0.1) is 5.92 Å². The first-order valence-electron chi connectivity index (χ1n) is 14.7. The number of ether oxygens (including phenoxy) is 1. The summed E-state index contributed by atoms with van der Waals surface area (Å²) in [5.74, 6) is -0.308. The van der Waals surface area contributed by atoms with Gasteiger partial charge in [-0.2, -0.15) is 5.10 Å². The number of nitrogens with one attached hydrogen (secondary N) is 1. The molecule has 45 heavy (non-hydrogen) atoms. The summed E-state index contributed by atoms with van der Waals surface area (Å²) in [7, 11) is 0. The maximum absolute atomic E-state index is 14.6. The highest BCUT2D eigenvalue weighted by Gasteiger charge is 2.26. The Hall–Kier alpha value is -4.84. The van der Waals surface area contributed by atoms with Crippen LogP contribution in [0.1, 0.15) is 63.5 Å². The van der Waals surface area contributed by atoms with Crippen LogP contribution < -0.4 is 15.7 Å². The van der Waals surface area contributed by atoms with E-state index in [9.17, 15) is 14.0 Å². The minimum atomic E-state index is -1.44. The average molecular weight is 632 g/mol. The van der Waals surface area contributed by atoms with Crippen molar-refractivity contribution in [3.8, 4) is 34.1 Å². The van der Waals surface area contributed by atoms with Crippen molar-refractivity contribution < 1.29 is 18.3 Å². The van der Waals surface area contributed by atoms with E-state index in [1.54, 1.807) is 48.8 Å². The molecule has 2 bridgehead atoms. The van der Waals surface area contributed by atoms with Crippen LogP contribution in [0.5, 0.6) is 5.88 Å². The number of hydrogen-bond acceptors (Lipinski definition) is 8. The van der Waals surface area contributed by atoms with E-state index in [0.717, 1.165) is 0 Å². The molecule has 1 aliphatic rings. The van der Waals surface area contributed by atoms with Crippen LogP contribution in [0.3, 0.4) is 0 Å². The number of halogens is 2. The molecule has 1 unspecified atom stereocenters. The summed E-state index contributed by atoms with van der Waals surface area (Å²) in [5.41, 5.74) is 3.07. The quantitative estimate of drug-likeness (QED) is 0.223. The number of benzene rings is 1. The van der Waals surface area contributed by atoms with Crippen LogP contribution >= 0.6 is 11.6 Å². The number of aromatic nitrogens is 6. The van der Waals surface area contributed by atoms with Crippen molar-refractivity contribution in [1.82, 2.24) is 29.8 Å². The molecule has 0 spiro atoms. The molecule has 5 heterocycles. The largest absolute Gasteiger partial charge is 0.476 e. The standard InChI is InChI=1S/C32H31ClFN7O4/c1-4-44-29-17-40(39-38-29)27-10-8-21(33)15-24(27)28-11-9-23(32(43)45-28)22-7-5-6-18(2)31(42)37-26-16-36-41(19(3)34)30(26)20-12-13-35-25(22)14-20/h8-19,22H,4-7H2,1-3H3,(H,37,42)/t18-,19?,22+/m1/s1. The van der Waals surface area contributed by atoms with Gasteiger partial charge >= 0.3 is 5.63 Å². The molecule has 13 heteroatoms. The Bertz CT molecular complexity index is 1920. The molecule has 1 N–H and O–H groups in total. The minimum absolute atomic E-state index is 0.185. The SMILES string of the molecule is CCOc1cn(-c2ccc(Cl)cc2-c2ccc([C@@H]3CCC[C@@H](C)C(=O)Nc4cnn(C(C)F)c4-c4ccnc3c4)c(=O)o2)nn1. The van der Waals surface area contributed by atoms with Gasteiger partial charge in [-0.05, 0) is 69.2 Å². The summed E-state index contributed by atoms with van der Waals surface area (Å²) in [6.45, 7) is 5.50. The van der Waals surface area contributed by atoms with Gasteiger partial charge < -0.3 is 14.5 Å². The summed E-state index contributed by atoms with van der Waals surface area (Å²) >= 11 is 6.35. The molecule has 6 rings (SSSR count). The van der Waals surface area contributed by atoms with Gasteiger partial charge in [-0.3, -0.25) is 9.78 Å². The van der Waals surface area contributed by atoms with Gasteiger partial charge in [0.15, 0.2) is 6.30 Å². The van der Waals surface area contributed by atoms with Crippen molar-refractivity contribution in [2.45, 2.75) is 52.2 Å². The topological polar surface area (TPSA) is 130 Å². The Morgan fingerprint density at radius 3 is 2.80 bits per heavy atom. The van der Waals surface area contributed by atoms with Crippen LogP contribution in [0.25, 0.3) is 28.3 Å². The lowest BCUT2D eigenvalue weighted by atomic mass is 9.88. The van der Waals surface area contributed by atoms with Crippen molar-refractivity contribution in [2.24, 2.45) is 5.92 Å². The predicted molar refractivity (Wildman–Crippen MR) is 166 cm³/mol. The number of nitrogens with zero attached hydrogens (tertiary/aromatic N) is 6. The lowest BCUT2D eigenvalue weighted by Crippen LogP contribution is -2.22. The Morgan fingerprint density at radius 2 is 2.02 bits per heavy atom. The molecular weight excluding hydrogens is 601 g/mol. The normalized spacial score (nSPS) is 17.5. The van der Waals surface area contributed by atoms with Crippen LogP contribution in [0.4, 0.5) is 10.1 Å². The molecule has 0 aliphatic carbocycles. The number of fused-ring (bicyclic) bond motifs is 4. The fourth-order valence-corrected chi connectivity index (χ4v) is 5.76. The highest BCUT2D eigenvalue weighted by atomic mass is 35.5. The number of carbonyl (C=O) groups excluding carboxylic acids is 1. The van der Waals surface area contributed by atoms with Gasteiger partial charge in [-0.15, -0.1) is 0 Å². The first kappa shape index (κ1) is 30.2. The van der Waals surface area contributed by atoms with Crippen LogP contribution in [0.2, 0.25) is 5.02 Å². The van der Waals surface area contributed by atoms with E-state index in [1.807, 2.05) is 19.9 Å². The number of hydrogen-bond donors (Lipinski definition) is 1. The number of anilines is 1. The molecule has 1 amide bonds. The molecule has 1 aliphatic heterocycles. The third-order valence-corrected chi connectivity index (χ3v) is 8.08. The van der Waals surface area contributed by atoms with Gasteiger partial charge in [0, 0.05) is 45.4 Å². The molecule has 232 valence electrons. The fourth-order valence-electron chi connectivity index (χ4n) is 5.59. The van der Waals surface area contributed by atoms with Gasteiger partial charge in [0.25, 0.3) is 5.88 Å². The van der Waals surface area contributed by atoms with E-state index in [1.165, 1.54) is 22.5 Å². The number of amides is 1. The number of pyridine rings is 1. The monoisotopic (exact) mass is 631 g/mol. The molecule has 11 nitrogen and oxygen atoms in total. The van der Waals surface area contributed by atoms with Gasteiger partial charge in [0.2, 0.25) is 5.91 Å². The molecular formula is C32H31ClFN7O4. The van der Waals surface area contributed by atoms with Crippen LogP contribution in [-0.4, -0.2) is 42.3 Å². The van der Waals surface area contributed by atoms with E-state index in [0.29, 0.717) is 82.0 Å². The maximum atomic E-state index is 14.6. The second-order valence-corrected chi connectivity index (χ2v) is 11.3. The molecule has 5 aromatic rings. The summed E-state index contributed by atoms with van der Waals surface area (Å²) in [5, 5.41) is 15.7. The van der Waals surface area contributed by atoms with E-state index in [2.05, 4.69) is 25.7 Å². The maximum Gasteiger partial charge on any atom is 0.340 e. The van der Waals surface area contributed by atoms with Crippen molar-refractivity contribution in [3.05, 3.63) is 87.8 Å². The van der Waals surface area contributed by atoms with E-state index < -0.39 is 17.8 Å². The molecule has 4 aromatic heterocycles. The zero-order valence-corrected chi connectivity index (χ0v) is 25.7. The third kappa shape index (κ3) is 6.10. The highest BCUT2D eigenvalue weighted by molar-refractivity contribution is 6.31. The third-order valence-electron chi connectivity index (χ3n) is 7.84. The predicted octanol–water partition coefficient (Wildman–Crippen LogP) is 6.58. The van der Waals surface area contributed by atoms with Gasteiger partial charge in [-0.25, -0.2) is 18.5 Å². The smallest absolute Gasteiger partial charge is 0.340 e. The van der Waals surface area contributed by atoms with Gasteiger partial charge in [-0.1, -0.05) is 35.3 Å². The van der Waals surface area contributed by atoms with E-state index >= 15 is 0 Å². The molecule has 0 saturated heterocycles. The highest BCUT2D eigenvalue weighted by Crippen LogP contribution is 2.36. The van der Waals surface area contributed by atoms with Crippen molar-refractivity contribution in [2.75, 3.05) is 11.9 Å². The van der Waals surface area contributed by atoms with Gasteiger partial charge in [0.1, 0.15) is 5.76 Å². The average Bonchev–Trinajstić information content (AvgIpc) is 3.67. The number of alkyl halides is 1. The Morgan fingerprint density at radius 1 is 1.18 bits per heavy atom. The molecule has 0 radical (unpaired) electrons. The first-order chi connectivity index (χ1) is 21.7. The van der Waals surface area contributed by atoms with E-state index in [-0.39, 0.29) is 11.8 Å². The zero-order chi connectivity index (χ0) is 31.7. The number of carbonyl (C=O) groups is 1. The second kappa shape index (κ2) is 12.6. The summed E-state index contributed by atoms with van der Waals surface area (Å²) in [6.07, 6.45) is 5.01. The summed E-state index contributed by atoms with van der Waals surface area (Å²) in [6, 6.07) is 12.2. The summed E-state index contributed by atoms with van der Waals surface area (Å²) < 4.78 is 28.7. The molecule has 3 atom stereocenters. The van der Waals surface area contributed by atoms with Crippen molar-refractivity contribution >= 4 is 23.2 Å². The van der Waals surface area contributed by atoms with E-state index in [4.69, 9.17) is 20.8 Å². The zero-order valence-electron chi connectivity index (χ0n) is 24.9.